The highest BCUT2D eigenvalue weighted by molar-refractivity contribution is 5.75. The van der Waals surface area contributed by atoms with Crippen molar-refractivity contribution in [3.8, 4) is 16.9 Å². The van der Waals surface area contributed by atoms with Crippen LogP contribution >= 0.6 is 0 Å². The molecule has 0 bridgehead atoms. The van der Waals surface area contributed by atoms with Gasteiger partial charge in [-0.15, -0.1) is 0 Å². The fourth-order valence-electron chi connectivity index (χ4n) is 3.75. The maximum Gasteiger partial charge on any atom is 0.123 e. The highest BCUT2D eigenvalue weighted by Crippen LogP contribution is 2.36. The first-order valence-electron chi connectivity index (χ1n) is 10.7. The average molecular weight is 353 g/mol. The lowest BCUT2D eigenvalue weighted by Gasteiger charge is -2.17. The minimum Gasteiger partial charge on any atom is -0.507 e. The van der Waals surface area contributed by atoms with E-state index < -0.39 is 0 Å². The van der Waals surface area contributed by atoms with E-state index in [0.29, 0.717) is 5.75 Å². The molecule has 0 saturated carbocycles. The van der Waals surface area contributed by atoms with E-state index >= 15 is 0 Å². The van der Waals surface area contributed by atoms with E-state index in [0.717, 1.165) is 24.0 Å². The molecule has 1 heteroatoms. The van der Waals surface area contributed by atoms with Gasteiger partial charge in [0.15, 0.2) is 0 Å². The van der Waals surface area contributed by atoms with Crippen molar-refractivity contribution in [3.63, 3.8) is 0 Å². The van der Waals surface area contributed by atoms with E-state index in [1.807, 2.05) is 12.1 Å². The molecule has 0 unspecified atom stereocenters. The molecule has 0 aromatic heterocycles. The van der Waals surface area contributed by atoms with Crippen LogP contribution < -0.4 is 0 Å². The summed E-state index contributed by atoms with van der Waals surface area (Å²) in [5, 5.41) is 10.6. The van der Waals surface area contributed by atoms with Gasteiger partial charge in [-0.05, 0) is 48.4 Å². The molecular formula is C25H36O. The number of hydrogen-bond acceptors (Lipinski definition) is 1. The Morgan fingerprint density at radius 2 is 1.31 bits per heavy atom. The van der Waals surface area contributed by atoms with Crippen molar-refractivity contribution in [2.75, 3.05) is 0 Å². The number of aryl methyl sites for hydroxylation is 1. The Hall–Kier alpha value is -1.76. The van der Waals surface area contributed by atoms with E-state index in [4.69, 9.17) is 0 Å². The molecule has 0 amide bonds. The first-order chi connectivity index (χ1) is 12.8. The summed E-state index contributed by atoms with van der Waals surface area (Å²) in [6, 6.07) is 14.4. The topological polar surface area (TPSA) is 20.2 Å². The molecule has 0 aliphatic heterocycles. The Morgan fingerprint density at radius 3 is 2.00 bits per heavy atom. The number of unbranched alkanes of at least 4 members (excludes halogenated alkanes) is 7. The van der Waals surface area contributed by atoms with Gasteiger partial charge in [-0.2, -0.15) is 0 Å². The van der Waals surface area contributed by atoms with Crippen LogP contribution in [0.4, 0.5) is 0 Å². The van der Waals surface area contributed by atoms with Gasteiger partial charge in [-0.3, -0.25) is 0 Å². The highest BCUT2D eigenvalue weighted by atomic mass is 16.3. The second kappa shape index (κ2) is 11.8. The van der Waals surface area contributed by atoms with Crippen molar-refractivity contribution < 1.29 is 5.11 Å². The molecule has 0 aliphatic carbocycles. The Balaban J connectivity index is 2.13. The number of benzene rings is 2. The summed E-state index contributed by atoms with van der Waals surface area (Å²) in [5.74, 6) is 0.425. The smallest absolute Gasteiger partial charge is 0.123 e. The molecule has 26 heavy (non-hydrogen) atoms. The summed E-state index contributed by atoms with van der Waals surface area (Å²) in [6.07, 6.45) is 13.9. The largest absolute Gasteiger partial charge is 0.507 e. The molecule has 0 spiro atoms. The van der Waals surface area contributed by atoms with Crippen molar-refractivity contribution in [3.05, 3.63) is 53.6 Å². The molecule has 0 radical (unpaired) electrons. The van der Waals surface area contributed by atoms with Crippen molar-refractivity contribution >= 4 is 0 Å². The summed E-state index contributed by atoms with van der Waals surface area (Å²) in [4.78, 5) is 0. The molecular weight excluding hydrogens is 316 g/mol. The van der Waals surface area contributed by atoms with Crippen molar-refractivity contribution in [2.24, 2.45) is 0 Å². The number of rotatable bonds is 12. The minimum absolute atomic E-state index is 0.425. The van der Waals surface area contributed by atoms with Gasteiger partial charge in [0.1, 0.15) is 5.75 Å². The third kappa shape index (κ3) is 6.20. The second-order valence-electron chi connectivity index (χ2n) is 7.44. The molecule has 2 aromatic carbocycles. The molecule has 0 heterocycles. The number of aromatic hydroxyl groups is 1. The standard InChI is InChI=1S/C25H36O/c1-3-5-7-8-9-10-14-18-23-21(15-6-4-2)19-20-24(26)25(23)22-16-12-11-13-17-22/h11-13,16-17,19-20,26H,3-10,14-15,18H2,1-2H3. The maximum absolute atomic E-state index is 10.6. The minimum atomic E-state index is 0.425. The third-order valence-electron chi connectivity index (χ3n) is 5.28. The lowest BCUT2D eigenvalue weighted by Crippen LogP contribution is -1.99. The zero-order valence-corrected chi connectivity index (χ0v) is 16.8. The van der Waals surface area contributed by atoms with E-state index in [1.165, 1.54) is 68.9 Å². The number of phenols is 1. The lowest BCUT2D eigenvalue weighted by atomic mass is 9.89. The summed E-state index contributed by atoms with van der Waals surface area (Å²) < 4.78 is 0. The van der Waals surface area contributed by atoms with Gasteiger partial charge in [0, 0.05) is 5.56 Å². The van der Waals surface area contributed by atoms with Gasteiger partial charge in [0.05, 0.1) is 0 Å². The predicted molar refractivity (Wildman–Crippen MR) is 114 cm³/mol. The molecule has 0 aliphatic rings. The van der Waals surface area contributed by atoms with E-state index in [9.17, 15) is 5.11 Å². The average Bonchev–Trinajstić information content (AvgIpc) is 2.67. The van der Waals surface area contributed by atoms with Gasteiger partial charge in [0.25, 0.3) is 0 Å². The number of phenolic OH excluding ortho intramolecular Hbond substituents is 1. The van der Waals surface area contributed by atoms with Crippen LogP contribution in [0.15, 0.2) is 42.5 Å². The highest BCUT2D eigenvalue weighted by Gasteiger charge is 2.14. The van der Waals surface area contributed by atoms with Crippen LogP contribution in [0.25, 0.3) is 11.1 Å². The van der Waals surface area contributed by atoms with Crippen LogP contribution in [0.2, 0.25) is 0 Å². The van der Waals surface area contributed by atoms with Gasteiger partial charge in [0.2, 0.25) is 0 Å². The fourth-order valence-corrected chi connectivity index (χ4v) is 3.75. The Morgan fingerprint density at radius 1 is 0.654 bits per heavy atom. The Bertz CT molecular complexity index is 630. The lowest BCUT2D eigenvalue weighted by molar-refractivity contribution is 0.476. The van der Waals surface area contributed by atoms with Crippen LogP contribution in [0, 0.1) is 0 Å². The van der Waals surface area contributed by atoms with Crippen LogP contribution in [0.1, 0.15) is 82.8 Å². The van der Waals surface area contributed by atoms with Crippen molar-refractivity contribution in [1.82, 2.24) is 0 Å². The van der Waals surface area contributed by atoms with Gasteiger partial charge in [-0.1, -0.05) is 95.2 Å². The SMILES string of the molecule is CCCCCCCCCc1c(CCCC)ccc(O)c1-c1ccccc1. The first kappa shape index (κ1) is 20.6. The Kier molecular flexibility index (Phi) is 9.31. The molecule has 1 N–H and O–H groups in total. The van der Waals surface area contributed by atoms with Crippen LogP contribution in [0.3, 0.4) is 0 Å². The summed E-state index contributed by atoms with van der Waals surface area (Å²) >= 11 is 0. The molecule has 1 nitrogen and oxygen atoms in total. The van der Waals surface area contributed by atoms with E-state index in [1.54, 1.807) is 0 Å². The summed E-state index contributed by atoms with van der Waals surface area (Å²) in [7, 11) is 0. The molecule has 0 fully saturated rings. The van der Waals surface area contributed by atoms with Crippen molar-refractivity contribution in [2.45, 2.75) is 84.5 Å². The van der Waals surface area contributed by atoms with Crippen molar-refractivity contribution in [1.29, 1.82) is 0 Å². The third-order valence-corrected chi connectivity index (χ3v) is 5.28. The van der Waals surface area contributed by atoms with Gasteiger partial charge < -0.3 is 5.11 Å². The van der Waals surface area contributed by atoms with Gasteiger partial charge >= 0.3 is 0 Å². The molecule has 142 valence electrons. The molecule has 0 atom stereocenters. The van der Waals surface area contributed by atoms with E-state index in [2.05, 4.69) is 44.2 Å². The molecule has 2 rings (SSSR count). The monoisotopic (exact) mass is 352 g/mol. The van der Waals surface area contributed by atoms with E-state index in [-0.39, 0.29) is 0 Å². The van der Waals surface area contributed by atoms with Crippen LogP contribution in [-0.4, -0.2) is 5.11 Å². The summed E-state index contributed by atoms with van der Waals surface area (Å²) in [6.45, 7) is 4.51. The Labute approximate surface area is 160 Å². The normalized spacial score (nSPS) is 11.0. The summed E-state index contributed by atoms with van der Waals surface area (Å²) in [5.41, 5.74) is 5.00. The maximum atomic E-state index is 10.6. The fraction of sp³-hybridized carbons (Fsp3) is 0.520. The zero-order valence-electron chi connectivity index (χ0n) is 16.8. The number of hydrogen-bond donors (Lipinski definition) is 1. The predicted octanol–water partition coefficient (Wildman–Crippen LogP) is 7.69. The molecule has 2 aromatic rings. The second-order valence-corrected chi connectivity index (χ2v) is 7.44. The quantitative estimate of drug-likeness (QED) is 0.388. The van der Waals surface area contributed by atoms with Crippen LogP contribution in [-0.2, 0) is 12.8 Å². The van der Waals surface area contributed by atoms with Crippen LogP contribution in [0.5, 0.6) is 5.75 Å². The molecule has 0 saturated heterocycles. The zero-order chi connectivity index (χ0) is 18.6. The van der Waals surface area contributed by atoms with Gasteiger partial charge in [-0.25, -0.2) is 0 Å². The first-order valence-corrected chi connectivity index (χ1v) is 10.7.